The third kappa shape index (κ3) is 7.09. The van der Waals surface area contributed by atoms with Gasteiger partial charge in [0, 0.05) is 11.4 Å². The van der Waals surface area contributed by atoms with Gasteiger partial charge in [0.25, 0.3) is 0 Å². The molecule has 3 amide bonds. The Hall–Kier alpha value is -3.94. The van der Waals surface area contributed by atoms with Gasteiger partial charge in [0.05, 0.1) is 12.5 Å². The molecule has 0 aliphatic rings. The summed E-state index contributed by atoms with van der Waals surface area (Å²) in [5, 5.41) is 8.38. The fourth-order valence-electron chi connectivity index (χ4n) is 3.02. The molecule has 3 aromatic carbocycles. The molecule has 1 atom stereocenters. The van der Waals surface area contributed by atoms with Crippen LogP contribution in [0, 0.1) is 0 Å². The molecule has 0 spiro atoms. The average Bonchev–Trinajstić information content (AvgIpc) is 2.76. The van der Waals surface area contributed by atoms with E-state index in [0.717, 1.165) is 5.56 Å². The van der Waals surface area contributed by atoms with Gasteiger partial charge in [-0.1, -0.05) is 42.5 Å². The first-order chi connectivity index (χ1) is 15.4. The Kier molecular flexibility index (Phi) is 7.75. The van der Waals surface area contributed by atoms with Crippen molar-refractivity contribution in [2.24, 2.45) is 0 Å². The van der Waals surface area contributed by atoms with Gasteiger partial charge in [-0.2, -0.15) is 8.78 Å². The molecular weight excluding hydrogens is 416 g/mol. The average molecular weight is 439 g/mol. The zero-order valence-electron chi connectivity index (χ0n) is 17.3. The summed E-state index contributed by atoms with van der Waals surface area (Å²) in [7, 11) is 0. The van der Waals surface area contributed by atoms with E-state index in [1.165, 1.54) is 12.1 Å². The molecule has 166 valence electrons. The second-order valence-corrected chi connectivity index (χ2v) is 7.06. The van der Waals surface area contributed by atoms with E-state index in [1.54, 1.807) is 36.4 Å². The van der Waals surface area contributed by atoms with Crippen molar-refractivity contribution in [1.82, 2.24) is 5.32 Å². The maximum atomic E-state index is 12.3. The number of hydrogen-bond donors (Lipinski definition) is 3. The Morgan fingerprint density at radius 3 is 2.03 bits per heavy atom. The maximum Gasteiger partial charge on any atom is 0.387 e. The zero-order chi connectivity index (χ0) is 22.9. The van der Waals surface area contributed by atoms with E-state index in [4.69, 9.17) is 0 Å². The highest BCUT2D eigenvalue weighted by atomic mass is 19.3. The van der Waals surface area contributed by atoms with Crippen LogP contribution in [0.2, 0.25) is 0 Å². The Morgan fingerprint density at radius 2 is 1.44 bits per heavy atom. The molecule has 3 N–H and O–H groups in total. The van der Waals surface area contributed by atoms with E-state index < -0.39 is 6.61 Å². The second-order valence-electron chi connectivity index (χ2n) is 7.06. The van der Waals surface area contributed by atoms with Crippen molar-refractivity contribution in [2.75, 3.05) is 10.6 Å². The molecule has 0 heterocycles. The minimum atomic E-state index is -2.88. The van der Waals surface area contributed by atoms with Crippen molar-refractivity contribution < 1.29 is 23.1 Å². The van der Waals surface area contributed by atoms with Crippen molar-refractivity contribution >= 4 is 23.3 Å². The summed E-state index contributed by atoms with van der Waals surface area (Å²) >= 11 is 0. The van der Waals surface area contributed by atoms with Crippen LogP contribution < -0.4 is 20.7 Å². The van der Waals surface area contributed by atoms with Crippen molar-refractivity contribution in [3.8, 4) is 5.75 Å². The van der Waals surface area contributed by atoms with Gasteiger partial charge in [0.2, 0.25) is 5.91 Å². The number of amides is 3. The number of carbonyl (C=O) groups excluding carboxylic acids is 2. The van der Waals surface area contributed by atoms with Crippen LogP contribution in [0.3, 0.4) is 0 Å². The summed E-state index contributed by atoms with van der Waals surface area (Å²) in [5.74, 6) is -0.159. The van der Waals surface area contributed by atoms with Crippen LogP contribution in [0.1, 0.15) is 24.1 Å². The van der Waals surface area contributed by atoms with Gasteiger partial charge in [-0.05, 0) is 54.4 Å². The fourth-order valence-corrected chi connectivity index (χ4v) is 3.02. The summed E-state index contributed by atoms with van der Waals surface area (Å²) in [5.41, 5.74) is 2.86. The number of nitrogens with one attached hydrogen (secondary N) is 3. The molecule has 0 fully saturated rings. The largest absolute Gasteiger partial charge is 0.435 e. The summed E-state index contributed by atoms with van der Waals surface area (Å²) in [6.45, 7) is -1.04. The van der Waals surface area contributed by atoms with Crippen molar-refractivity contribution in [3.63, 3.8) is 0 Å². The third-order valence-corrected chi connectivity index (χ3v) is 4.59. The first-order valence-electron chi connectivity index (χ1n) is 9.95. The summed E-state index contributed by atoms with van der Waals surface area (Å²) in [4.78, 5) is 24.4. The summed E-state index contributed by atoms with van der Waals surface area (Å²) in [6.07, 6.45) is 0.110. The van der Waals surface area contributed by atoms with E-state index in [9.17, 15) is 18.4 Å². The van der Waals surface area contributed by atoms with Gasteiger partial charge in [0.1, 0.15) is 5.75 Å². The lowest BCUT2D eigenvalue weighted by molar-refractivity contribution is -0.121. The molecule has 0 aromatic heterocycles. The number of benzene rings is 3. The van der Waals surface area contributed by atoms with Crippen LogP contribution in [-0.4, -0.2) is 18.5 Å². The number of carbonyl (C=O) groups is 2. The number of ether oxygens (including phenoxy) is 1. The topological polar surface area (TPSA) is 79.5 Å². The van der Waals surface area contributed by atoms with E-state index >= 15 is 0 Å². The zero-order valence-corrected chi connectivity index (χ0v) is 17.3. The van der Waals surface area contributed by atoms with Crippen LogP contribution >= 0.6 is 0 Å². The highest BCUT2D eigenvalue weighted by Gasteiger charge is 2.11. The number of urea groups is 1. The normalized spacial score (nSPS) is 11.5. The van der Waals surface area contributed by atoms with Crippen LogP contribution in [0.4, 0.5) is 25.0 Å². The van der Waals surface area contributed by atoms with Gasteiger partial charge in [0.15, 0.2) is 0 Å². The predicted molar refractivity (Wildman–Crippen MR) is 119 cm³/mol. The van der Waals surface area contributed by atoms with Gasteiger partial charge in [-0.3, -0.25) is 4.79 Å². The lowest BCUT2D eigenvalue weighted by Crippen LogP contribution is -2.28. The van der Waals surface area contributed by atoms with Crippen LogP contribution in [0.15, 0.2) is 78.9 Å². The standard InChI is InChI=1S/C24H23F2N3O3/c1-16(27-22(30)15-17-7-13-21(14-8-17)32-23(25)26)18-9-11-20(12-10-18)29-24(31)28-19-5-3-2-4-6-19/h2-14,16,23H,15H2,1H3,(H,27,30)(H2,28,29,31). The maximum absolute atomic E-state index is 12.3. The molecule has 3 aromatic rings. The molecular formula is C24H23F2N3O3. The quantitative estimate of drug-likeness (QED) is 0.443. The number of anilines is 2. The first kappa shape index (κ1) is 22.7. The van der Waals surface area contributed by atoms with Crippen LogP contribution in [0.25, 0.3) is 0 Å². The molecule has 0 aliphatic heterocycles. The Bertz CT molecular complexity index is 1030. The lowest BCUT2D eigenvalue weighted by atomic mass is 10.1. The van der Waals surface area contributed by atoms with Gasteiger partial charge < -0.3 is 20.7 Å². The lowest BCUT2D eigenvalue weighted by Gasteiger charge is -2.15. The molecule has 0 bridgehead atoms. The third-order valence-electron chi connectivity index (χ3n) is 4.59. The molecule has 1 unspecified atom stereocenters. The Balaban J connectivity index is 1.49. The number of hydrogen-bond acceptors (Lipinski definition) is 3. The monoisotopic (exact) mass is 439 g/mol. The molecule has 0 saturated carbocycles. The number of halogens is 2. The first-order valence-corrected chi connectivity index (χ1v) is 9.95. The molecule has 8 heteroatoms. The molecule has 3 rings (SSSR count). The van der Waals surface area contributed by atoms with Crippen LogP contribution in [-0.2, 0) is 11.2 Å². The fraction of sp³-hybridized carbons (Fsp3) is 0.167. The molecule has 32 heavy (non-hydrogen) atoms. The number of rotatable bonds is 8. The Morgan fingerprint density at radius 1 is 0.844 bits per heavy atom. The van der Waals surface area contributed by atoms with Crippen molar-refractivity contribution in [2.45, 2.75) is 26.0 Å². The smallest absolute Gasteiger partial charge is 0.387 e. The van der Waals surface area contributed by atoms with E-state index in [0.29, 0.717) is 16.9 Å². The predicted octanol–water partition coefficient (Wildman–Crippen LogP) is 5.35. The summed E-state index contributed by atoms with van der Waals surface area (Å²) in [6, 6.07) is 21.6. The molecule has 6 nitrogen and oxygen atoms in total. The van der Waals surface area contributed by atoms with Crippen LogP contribution in [0.5, 0.6) is 5.75 Å². The van der Waals surface area contributed by atoms with E-state index in [1.807, 2.05) is 37.3 Å². The number of alkyl halides is 2. The second kappa shape index (κ2) is 10.9. The highest BCUT2D eigenvalue weighted by molar-refractivity contribution is 5.99. The molecule has 0 saturated heterocycles. The van der Waals surface area contributed by atoms with E-state index in [-0.39, 0.29) is 30.2 Å². The Labute approximate surface area is 184 Å². The molecule has 0 radical (unpaired) electrons. The van der Waals surface area contributed by atoms with E-state index in [2.05, 4.69) is 20.7 Å². The minimum absolute atomic E-state index is 0.0451. The van der Waals surface area contributed by atoms with Crippen molar-refractivity contribution in [3.05, 3.63) is 90.0 Å². The number of para-hydroxylation sites is 1. The van der Waals surface area contributed by atoms with Gasteiger partial charge in [-0.25, -0.2) is 4.79 Å². The van der Waals surface area contributed by atoms with Gasteiger partial charge in [-0.15, -0.1) is 0 Å². The van der Waals surface area contributed by atoms with Gasteiger partial charge >= 0.3 is 12.6 Å². The van der Waals surface area contributed by atoms with Crippen molar-refractivity contribution in [1.29, 1.82) is 0 Å². The highest BCUT2D eigenvalue weighted by Crippen LogP contribution is 2.18. The summed E-state index contributed by atoms with van der Waals surface area (Å²) < 4.78 is 28.7. The minimum Gasteiger partial charge on any atom is -0.435 e. The molecule has 0 aliphatic carbocycles. The SMILES string of the molecule is CC(NC(=O)Cc1ccc(OC(F)F)cc1)c1ccc(NC(=O)Nc2ccccc2)cc1.